The Morgan fingerprint density at radius 2 is 1.67 bits per heavy atom. The summed E-state index contributed by atoms with van der Waals surface area (Å²) < 4.78 is 10.2. The molecule has 110 valence electrons. The molecule has 0 aromatic heterocycles. The quantitative estimate of drug-likeness (QED) is 0.624. The van der Waals surface area contributed by atoms with Crippen LogP contribution in [0.5, 0.6) is 0 Å². The zero-order chi connectivity index (χ0) is 12.8. The van der Waals surface area contributed by atoms with Gasteiger partial charge in [0, 0.05) is 20.1 Å². The smallest absolute Gasteiger partial charge is 0.171 e. The van der Waals surface area contributed by atoms with E-state index < -0.39 is 18.5 Å². The fourth-order valence-electron chi connectivity index (χ4n) is 2.57. The zero-order valence-electron chi connectivity index (χ0n) is 11.1. The van der Waals surface area contributed by atoms with Gasteiger partial charge in [0.15, 0.2) is 6.29 Å². The fraction of sp³-hybridized carbons (Fsp3) is 1.00. The Bertz CT molecular complexity index is 206. The van der Waals surface area contributed by atoms with E-state index in [1.807, 2.05) is 0 Å². The summed E-state index contributed by atoms with van der Waals surface area (Å²) in [4.78, 5) is 0. The maximum absolute atomic E-state index is 9.84. The molecular weight excluding hydrogens is 258 g/mol. The van der Waals surface area contributed by atoms with Gasteiger partial charge in [0.1, 0.15) is 0 Å². The van der Waals surface area contributed by atoms with Crippen LogP contribution in [0.1, 0.15) is 32.1 Å². The lowest BCUT2D eigenvalue weighted by Crippen LogP contribution is -2.41. The summed E-state index contributed by atoms with van der Waals surface area (Å²) >= 11 is 0. The minimum Gasteiger partial charge on any atom is -0.393 e. The molecule has 3 unspecified atom stereocenters. The largest absolute Gasteiger partial charge is 0.393 e. The molecule has 0 bridgehead atoms. The molecule has 0 spiro atoms. The van der Waals surface area contributed by atoms with Crippen LogP contribution in [0.2, 0.25) is 0 Å². The lowest BCUT2D eigenvalue weighted by molar-refractivity contribution is -0.119. The van der Waals surface area contributed by atoms with Crippen molar-refractivity contribution in [3.63, 3.8) is 0 Å². The molecule has 1 rings (SSSR count). The van der Waals surface area contributed by atoms with Crippen LogP contribution in [0.3, 0.4) is 0 Å². The molecule has 18 heavy (non-hydrogen) atoms. The molecule has 0 amide bonds. The van der Waals surface area contributed by atoms with Gasteiger partial charge in [0.2, 0.25) is 0 Å². The fourth-order valence-corrected chi connectivity index (χ4v) is 2.57. The third kappa shape index (κ3) is 4.99. The highest BCUT2D eigenvalue weighted by atomic mass is 35.5. The second-order valence-electron chi connectivity index (χ2n) is 4.81. The molecule has 4 N–H and O–H groups in total. The summed E-state index contributed by atoms with van der Waals surface area (Å²) in [6, 6.07) is -0.230. The highest BCUT2D eigenvalue weighted by Gasteiger charge is 2.31. The van der Waals surface area contributed by atoms with Gasteiger partial charge < -0.3 is 25.4 Å². The van der Waals surface area contributed by atoms with Gasteiger partial charge >= 0.3 is 0 Å². The van der Waals surface area contributed by atoms with Crippen molar-refractivity contribution in [3.8, 4) is 0 Å². The molecule has 0 heterocycles. The molecule has 0 saturated heterocycles. The number of nitrogens with two attached hydrogens (primary N) is 1. The summed E-state index contributed by atoms with van der Waals surface area (Å²) in [5.74, 6) is -0.0656. The molecule has 1 fully saturated rings. The molecule has 0 aliphatic heterocycles. The van der Waals surface area contributed by atoms with E-state index in [-0.39, 0.29) is 24.4 Å². The van der Waals surface area contributed by atoms with Gasteiger partial charge in [-0.3, -0.25) is 0 Å². The van der Waals surface area contributed by atoms with Gasteiger partial charge in [-0.1, -0.05) is 0 Å². The number of aliphatic hydroxyl groups excluding tert-OH is 2. The highest BCUT2D eigenvalue weighted by Crippen LogP contribution is 2.29. The van der Waals surface area contributed by atoms with Gasteiger partial charge in [-0.05, 0) is 32.1 Å². The normalized spacial score (nSPS) is 30.0. The summed E-state index contributed by atoms with van der Waals surface area (Å²) in [6.45, 7) is 0. The molecule has 0 radical (unpaired) electrons. The van der Waals surface area contributed by atoms with Gasteiger partial charge in [0.05, 0.1) is 18.2 Å². The van der Waals surface area contributed by atoms with Crippen LogP contribution in [-0.4, -0.2) is 49.0 Å². The number of rotatable bonds is 6. The lowest BCUT2D eigenvalue weighted by atomic mass is 9.80. The van der Waals surface area contributed by atoms with E-state index in [1.54, 1.807) is 14.2 Å². The van der Waals surface area contributed by atoms with Crippen molar-refractivity contribution in [2.45, 2.75) is 56.6 Å². The van der Waals surface area contributed by atoms with Crippen molar-refractivity contribution in [1.29, 1.82) is 0 Å². The van der Waals surface area contributed by atoms with Crippen LogP contribution in [-0.2, 0) is 9.47 Å². The van der Waals surface area contributed by atoms with Gasteiger partial charge in [0.25, 0.3) is 0 Å². The molecule has 1 aliphatic rings. The number of methoxy groups -OCH3 is 2. The zero-order valence-corrected chi connectivity index (χ0v) is 11.9. The molecule has 5 nitrogen and oxygen atoms in total. The summed E-state index contributed by atoms with van der Waals surface area (Å²) in [5, 5.41) is 19.7. The van der Waals surface area contributed by atoms with Crippen molar-refractivity contribution in [2.75, 3.05) is 14.2 Å². The predicted octanol–water partition coefficient (Wildman–Crippen LogP) is 0.656. The van der Waals surface area contributed by atoms with Crippen molar-refractivity contribution in [3.05, 3.63) is 0 Å². The number of hydrogen-bond donors (Lipinski definition) is 3. The maximum atomic E-state index is 9.84. The highest BCUT2D eigenvalue weighted by molar-refractivity contribution is 5.85. The summed E-state index contributed by atoms with van der Waals surface area (Å²) in [6.07, 6.45) is 2.57. The van der Waals surface area contributed by atoms with E-state index in [1.165, 1.54) is 0 Å². The predicted molar refractivity (Wildman–Crippen MR) is 71.6 cm³/mol. The Morgan fingerprint density at radius 1 is 1.17 bits per heavy atom. The Hall–Kier alpha value is 0.0900. The number of ether oxygens (including phenoxy) is 2. The van der Waals surface area contributed by atoms with E-state index in [0.29, 0.717) is 12.8 Å². The molecule has 3 atom stereocenters. The van der Waals surface area contributed by atoms with Crippen LogP contribution in [0, 0.1) is 5.92 Å². The Morgan fingerprint density at radius 3 is 2.11 bits per heavy atom. The number of halogens is 1. The average Bonchev–Trinajstić information content (AvgIpc) is 2.30. The van der Waals surface area contributed by atoms with E-state index in [0.717, 1.165) is 19.3 Å². The van der Waals surface area contributed by atoms with Gasteiger partial charge in [-0.2, -0.15) is 0 Å². The second-order valence-corrected chi connectivity index (χ2v) is 4.81. The van der Waals surface area contributed by atoms with Crippen LogP contribution in [0.4, 0.5) is 0 Å². The van der Waals surface area contributed by atoms with Crippen LogP contribution < -0.4 is 5.73 Å². The van der Waals surface area contributed by atoms with Crippen molar-refractivity contribution >= 4 is 12.4 Å². The van der Waals surface area contributed by atoms with Gasteiger partial charge in [-0.25, -0.2) is 0 Å². The molecule has 0 aromatic rings. The van der Waals surface area contributed by atoms with E-state index in [9.17, 15) is 10.2 Å². The molecule has 1 saturated carbocycles. The first-order chi connectivity index (χ1) is 8.10. The average molecular weight is 284 g/mol. The lowest BCUT2D eigenvalue weighted by Gasteiger charge is -2.33. The standard InChI is InChI=1S/C12H25NO4.ClH/c1-16-12(17-2)9(13)7-6-8-10(14)4-3-5-11(8)15;/h8-12,14-15H,3-7,13H2,1-2H3;1H. The Labute approximate surface area is 115 Å². The van der Waals surface area contributed by atoms with Crippen LogP contribution >= 0.6 is 12.4 Å². The van der Waals surface area contributed by atoms with E-state index >= 15 is 0 Å². The third-order valence-corrected chi connectivity index (χ3v) is 3.64. The Kier molecular flexibility index (Phi) is 9.11. The van der Waals surface area contributed by atoms with Crippen molar-refractivity contribution in [2.24, 2.45) is 11.7 Å². The number of hydrogen-bond acceptors (Lipinski definition) is 5. The minimum absolute atomic E-state index is 0. The monoisotopic (exact) mass is 283 g/mol. The van der Waals surface area contributed by atoms with Crippen molar-refractivity contribution < 1.29 is 19.7 Å². The first kappa shape index (κ1) is 18.1. The molecular formula is C12H26ClNO4. The molecule has 1 aliphatic carbocycles. The SMILES string of the molecule is COC(OC)C(N)CCC1C(O)CCCC1O.Cl. The maximum Gasteiger partial charge on any atom is 0.171 e. The molecule has 6 heteroatoms. The van der Waals surface area contributed by atoms with E-state index in [2.05, 4.69) is 0 Å². The Balaban J connectivity index is 0.00000289. The summed E-state index contributed by atoms with van der Waals surface area (Å²) in [7, 11) is 3.11. The number of aliphatic hydroxyl groups is 2. The van der Waals surface area contributed by atoms with Gasteiger partial charge in [-0.15, -0.1) is 12.4 Å². The summed E-state index contributed by atoms with van der Waals surface area (Å²) in [5.41, 5.74) is 5.93. The first-order valence-corrected chi connectivity index (χ1v) is 6.27. The second kappa shape index (κ2) is 9.07. The van der Waals surface area contributed by atoms with Crippen molar-refractivity contribution in [1.82, 2.24) is 0 Å². The van der Waals surface area contributed by atoms with Crippen LogP contribution in [0.15, 0.2) is 0 Å². The minimum atomic E-state index is -0.423. The topological polar surface area (TPSA) is 84.9 Å². The molecule has 0 aromatic carbocycles. The third-order valence-electron chi connectivity index (χ3n) is 3.64. The first-order valence-electron chi connectivity index (χ1n) is 6.27. The van der Waals surface area contributed by atoms with Crippen LogP contribution in [0.25, 0.3) is 0 Å². The van der Waals surface area contributed by atoms with E-state index in [4.69, 9.17) is 15.2 Å².